The van der Waals surface area contributed by atoms with E-state index >= 15 is 0 Å². The average Bonchev–Trinajstić information content (AvgIpc) is 3.12. The molecule has 0 atom stereocenters. The molecule has 1 aromatic carbocycles. The van der Waals surface area contributed by atoms with E-state index in [-0.39, 0.29) is 6.03 Å². The number of anilines is 1. The molecular formula is C17H18N4O2S. The second-order valence-electron chi connectivity index (χ2n) is 5.41. The molecule has 0 radical (unpaired) electrons. The van der Waals surface area contributed by atoms with Gasteiger partial charge in [0.15, 0.2) is 0 Å². The minimum atomic E-state index is -0.277. The molecule has 2 heterocycles. The lowest BCUT2D eigenvalue weighted by Gasteiger charge is -2.07. The van der Waals surface area contributed by atoms with Crippen LogP contribution in [-0.4, -0.2) is 16.0 Å². The molecule has 24 heavy (non-hydrogen) atoms. The zero-order valence-corrected chi connectivity index (χ0v) is 14.5. The number of hydrogen-bond donors (Lipinski definition) is 2. The third-order valence-electron chi connectivity index (χ3n) is 3.46. The Morgan fingerprint density at radius 3 is 2.79 bits per heavy atom. The standard InChI is InChI=1S/C17H18N4O2S/c1-10-8-18-16(23-10)13-5-4-6-14(7-13)21-17(22)19-9-15-20-11(2)12(3)24-15/h4-8H,9H2,1-3H3,(H2,19,21,22). The van der Waals surface area contributed by atoms with E-state index in [1.165, 1.54) is 4.88 Å². The second kappa shape index (κ2) is 6.84. The zero-order valence-electron chi connectivity index (χ0n) is 13.7. The highest BCUT2D eigenvalue weighted by Gasteiger charge is 2.08. The third kappa shape index (κ3) is 3.80. The van der Waals surface area contributed by atoms with Crippen molar-refractivity contribution in [1.82, 2.24) is 15.3 Å². The molecule has 0 unspecified atom stereocenters. The summed E-state index contributed by atoms with van der Waals surface area (Å²) >= 11 is 1.59. The van der Waals surface area contributed by atoms with E-state index in [0.29, 0.717) is 18.1 Å². The number of nitrogens with zero attached hydrogens (tertiary/aromatic N) is 2. The van der Waals surface area contributed by atoms with Crippen LogP contribution >= 0.6 is 11.3 Å². The normalized spacial score (nSPS) is 10.6. The summed E-state index contributed by atoms with van der Waals surface area (Å²) in [5.74, 6) is 1.28. The van der Waals surface area contributed by atoms with Gasteiger partial charge in [0.05, 0.1) is 18.4 Å². The first-order valence-electron chi connectivity index (χ1n) is 7.52. The maximum Gasteiger partial charge on any atom is 0.319 e. The minimum Gasteiger partial charge on any atom is -0.441 e. The van der Waals surface area contributed by atoms with Gasteiger partial charge in [0, 0.05) is 16.1 Å². The molecule has 7 heteroatoms. The van der Waals surface area contributed by atoms with Crippen LogP contribution in [0.25, 0.3) is 11.5 Å². The van der Waals surface area contributed by atoms with Gasteiger partial charge in [0.1, 0.15) is 10.8 Å². The number of amides is 2. The lowest BCUT2D eigenvalue weighted by Crippen LogP contribution is -2.28. The van der Waals surface area contributed by atoms with Gasteiger partial charge in [-0.3, -0.25) is 0 Å². The van der Waals surface area contributed by atoms with Crippen molar-refractivity contribution >= 4 is 23.1 Å². The van der Waals surface area contributed by atoms with E-state index in [1.807, 2.05) is 45.0 Å². The Morgan fingerprint density at radius 1 is 1.29 bits per heavy atom. The van der Waals surface area contributed by atoms with E-state index < -0.39 is 0 Å². The van der Waals surface area contributed by atoms with Crippen molar-refractivity contribution < 1.29 is 9.21 Å². The van der Waals surface area contributed by atoms with E-state index in [4.69, 9.17) is 4.42 Å². The van der Waals surface area contributed by atoms with Crippen LogP contribution in [0.5, 0.6) is 0 Å². The number of nitrogens with one attached hydrogen (secondary N) is 2. The molecule has 0 fully saturated rings. The molecule has 0 aliphatic carbocycles. The molecule has 0 aliphatic heterocycles. The second-order valence-corrected chi connectivity index (χ2v) is 6.70. The van der Waals surface area contributed by atoms with Gasteiger partial charge in [-0.05, 0) is 39.0 Å². The highest BCUT2D eigenvalue weighted by atomic mass is 32.1. The zero-order chi connectivity index (χ0) is 17.1. The molecule has 3 rings (SSSR count). The Morgan fingerprint density at radius 2 is 2.12 bits per heavy atom. The lowest BCUT2D eigenvalue weighted by atomic mass is 10.2. The predicted octanol–water partition coefficient (Wildman–Crippen LogP) is 4.05. The molecule has 2 N–H and O–H groups in total. The largest absolute Gasteiger partial charge is 0.441 e. The summed E-state index contributed by atoms with van der Waals surface area (Å²) in [4.78, 5) is 21.8. The van der Waals surface area contributed by atoms with Gasteiger partial charge in [-0.15, -0.1) is 11.3 Å². The summed E-state index contributed by atoms with van der Waals surface area (Å²) in [6.07, 6.45) is 1.67. The summed E-state index contributed by atoms with van der Waals surface area (Å²) in [7, 11) is 0. The number of aryl methyl sites for hydroxylation is 3. The summed E-state index contributed by atoms with van der Waals surface area (Å²) in [6, 6.07) is 7.09. The molecular weight excluding hydrogens is 324 g/mol. The molecule has 3 aromatic rings. The highest BCUT2D eigenvalue weighted by molar-refractivity contribution is 7.11. The maximum absolute atomic E-state index is 12.0. The molecule has 124 valence electrons. The van der Waals surface area contributed by atoms with Gasteiger partial charge in [-0.2, -0.15) is 0 Å². The van der Waals surface area contributed by atoms with Crippen molar-refractivity contribution in [3.63, 3.8) is 0 Å². The Labute approximate surface area is 144 Å². The van der Waals surface area contributed by atoms with Gasteiger partial charge >= 0.3 is 6.03 Å². The van der Waals surface area contributed by atoms with Crippen LogP contribution in [0.2, 0.25) is 0 Å². The molecule has 2 amide bonds. The number of thiazole rings is 1. The smallest absolute Gasteiger partial charge is 0.319 e. The first-order chi connectivity index (χ1) is 11.5. The van der Waals surface area contributed by atoms with Crippen LogP contribution in [0.4, 0.5) is 10.5 Å². The van der Waals surface area contributed by atoms with Crippen LogP contribution in [0, 0.1) is 20.8 Å². The Hall–Kier alpha value is -2.67. The van der Waals surface area contributed by atoms with Crippen molar-refractivity contribution in [1.29, 1.82) is 0 Å². The van der Waals surface area contributed by atoms with Crippen molar-refractivity contribution in [2.24, 2.45) is 0 Å². The number of urea groups is 1. The number of oxazole rings is 1. The summed E-state index contributed by atoms with van der Waals surface area (Å²) in [5.41, 5.74) is 2.49. The third-order valence-corrected chi connectivity index (χ3v) is 4.53. The van der Waals surface area contributed by atoms with Gasteiger partial charge in [-0.1, -0.05) is 6.07 Å². The molecule has 0 bridgehead atoms. The van der Waals surface area contributed by atoms with Crippen molar-refractivity contribution in [3.8, 4) is 11.5 Å². The summed E-state index contributed by atoms with van der Waals surface area (Å²) in [6.45, 7) is 6.23. The van der Waals surface area contributed by atoms with E-state index in [9.17, 15) is 4.79 Å². The van der Waals surface area contributed by atoms with Gasteiger partial charge in [0.25, 0.3) is 0 Å². The van der Waals surface area contributed by atoms with E-state index in [2.05, 4.69) is 20.6 Å². The molecule has 0 spiro atoms. The molecule has 0 saturated heterocycles. The van der Waals surface area contributed by atoms with Crippen molar-refractivity contribution in [2.45, 2.75) is 27.3 Å². The first kappa shape index (κ1) is 16.2. The Kier molecular flexibility index (Phi) is 4.61. The number of benzene rings is 1. The fourth-order valence-electron chi connectivity index (χ4n) is 2.16. The molecule has 0 aliphatic rings. The van der Waals surface area contributed by atoms with Crippen molar-refractivity contribution in [3.05, 3.63) is 51.8 Å². The fraction of sp³-hybridized carbons (Fsp3) is 0.235. The van der Waals surface area contributed by atoms with E-state index in [1.54, 1.807) is 17.5 Å². The van der Waals surface area contributed by atoms with Crippen LogP contribution < -0.4 is 10.6 Å². The van der Waals surface area contributed by atoms with Gasteiger partial charge in [-0.25, -0.2) is 14.8 Å². The van der Waals surface area contributed by atoms with E-state index in [0.717, 1.165) is 22.0 Å². The number of hydrogen-bond acceptors (Lipinski definition) is 5. The number of rotatable bonds is 4. The number of carbonyl (C=O) groups is 1. The lowest BCUT2D eigenvalue weighted by molar-refractivity contribution is 0.251. The number of carbonyl (C=O) groups excluding carboxylic acids is 1. The average molecular weight is 342 g/mol. The highest BCUT2D eigenvalue weighted by Crippen LogP contribution is 2.22. The monoisotopic (exact) mass is 342 g/mol. The molecule has 0 saturated carbocycles. The maximum atomic E-state index is 12.0. The first-order valence-corrected chi connectivity index (χ1v) is 8.33. The van der Waals surface area contributed by atoms with Crippen molar-refractivity contribution in [2.75, 3.05) is 5.32 Å². The van der Waals surface area contributed by atoms with Crippen LogP contribution in [-0.2, 0) is 6.54 Å². The fourth-order valence-corrected chi connectivity index (χ4v) is 3.04. The SMILES string of the molecule is Cc1cnc(-c2cccc(NC(=O)NCc3nc(C)c(C)s3)c2)o1. The van der Waals surface area contributed by atoms with Gasteiger partial charge < -0.3 is 15.1 Å². The molecule has 6 nitrogen and oxygen atoms in total. The van der Waals surface area contributed by atoms with Crippen LogP contribution in [0.3, 0.4) is 0 Å². The minimum absolute atomic E-state index is 0.277. The number of aromatic nitrogens is 2. The topological polar surface area (TPSA) is 80.0 Å². The predicted molar refractivity (Wildman–Crippen MR) is 94.1 cm³/mol. The summed E-state index contributed by atoms with van der Waals surface area (Å²) < 4.78 is 5.50. The Balaban J connectivity index is 1.62. The molecule has 2 aromatic heterocycles. The van der Waals surface area contributed by atoms with Crippen LogP contribution in [0.1, 0.15) is 21.3 Å². The Bertz CT molecular complexity index is 850. The quantitative estimate of drug-likeness (QED) is 0.750. The summed E-state index contributed by atoms with van der Waals surface area (Å²) in [5, 5.41) is 6.51. The van der Waals surface area contributed by atoms with Crippen LogP contribution in [0.15, 0.2) is 34.9 Å². The van der Waals surface area contributed by atoms with Gasteiger partial charge in [0.2, 0.25) is 5.89 Å².